The molecule has 5 heteroatoms. The van der Waals surface area contributed by atoms with E-state index in [4.69, 9.17) is 16.7 Å². The Morgan fingerprint density at radius 3 is 2.65 bits per heavy atom. The van der Waals surface area contributed by atoms with Gasteiger partial charge in [-0.05, 0) is 18.9 Å². The highest BCUT2D eigenvalue weighted by atomic mass is 35.5. The minimum Gasteiger partial charge on any atom is -0.396 e. The SMILES string of the molecule is CC(CO)C(C)NC(=O)c1c(Cl)c2ccccc2n1C. The molecule has 4 nitrogen and oxygen atoms in total. The van der Waals surface area contributed by atoms with E-state index in [1.165, 1.54) is 0 Å². The summed E-state index contributed by atoms with van der Waals surface area (Å²) in [5.41, 5.74) is 1.37. The average Bonchev–Trinajstić information content (AvgIpc) is 2.70. The second-order valence-corrected chi connectivity index (χ2v) is 5.54. The number of para-hydroxylation sites is 1. The van der Waals surface area contributed by atoms with Crippen LogP contribution < -0.4 is 5.32 Å². The molecule has 1 heterocycles. The maximum absolute atomic E-state index is 12.4. The van der Waals surface area contributed by atoms with Gasteiger partial charge in [0.15, 0.2) is 0 Å². The lowest BCUT2D eigenvalue weighted by molar-refractivity contribution is 0.0908. The fraction of sp³-hybridized carbons (Fsp3) is 0.400. The second kappa shape index (κ2) is 5.85. The lowest BCUT2D eigenvalue weighted by Gasteiger charge is -2.19. The smallest absolute Gasteiger partial charge is 0.269 e. The molecule has 0 saturated carbocycles. The lowest BCUT2D eigenvalue weighted by Crippen LogP contribution is -2.39. The Bertz CT molecular complexity index is 597. The second-order valence-electron chi connectivity index (χ2n) is 5.16. The van der Waals surface area contributed by atoms with E-state index in [0.29, 0.717) is 10.7 Å². The zero-order valence-corrected chi connectivity index (χ0v) is 12.6. The molecule has 0 radical (unpaired) electrons. The largest absolute Gasteiger partial charge is 0.396 e. The number of hydrogen-bond donors (Lipinski definition) is 2. The molecule has 2 atom stereocenters. The molecule has 108 valence electrons. The number of aliphatic hydroxyl groups excluding tert-OH is 1. The lowest BCUT2D eigenvalue weighted by atomic mass is 10.1. The number of nitrogens with one attached hydrogen (secondary N) is 1. The number of nitrogens with zero attached hydrogens (tertiary/aromatic N) is 1. The number of halogens is 1. The van der Waals surface area contributed by atoms with E-state index in [1.54, 1.807) is 4.57 Å². The third kappa shape index (κ3) is 2.53. The molecule has 1 aromatic heterocycles. The first-order valence-electron chi connectivity index (χ1n) is 6.62. The van der Waals surface area contributed by atoms with Gasteiger partial charge < -0.3 is 15.0 Å². The minimum absolute atomic E-state index is 0.00703. The summed E-state index contributed by atoms with van der Waals surface area (Å²) in [4.78, 5) is 12.4. The van der Waals surface area contributed by atoms with E-state index >= 15 is 0 Å². The Balaban J connectivity index is 2.36. The summed E-state index contributed by atoms with van der Waals surface area (Å²) < 4.78 is 1.79. The van der Waals surface area contributed by atoms with Crippen molar-refractivity contribution >= 4 is 28.4 Å². The van der Waals surface area contributed by atoms with Crippen molar-refractivity contribution < 1.29 is 9.90 Å². The van der Waals surface area contributed by atoms with Gasteiger partial charge in [-0.3, -0.25) is 4.79 Å². The van der Waals surface area contributed by atoms with Crippen LogP contribution in [-0.4, -0.2) is 28.2 Å². The maximum Gasteiger partial charge on any atom is 0.269 e. The summed E-state index contributed by atoms with van der Waals surface area (Å²) in [6.45, 7) is 3.79. The molecule has 0 aliphatic heterocycles. The van der Waals surface area contributed by atoms with Gasteiger partial charge in [0.2, 0.25) is 0 Å². The van der Waals surface area contributed by atoms with Gasteiger partial charge in [-0.25, -0.2) is 0 Å². The van der Waals surface area contributed by atoms with Crippen molar-refractivity contribution in [3.63, 3.8) is 0 Å². The van der Waals surface area contributed by atoms with E-state index in [-0.39, 0.29) is 24.5 Å². The van der Waals surface area contributed by atoms with Crippen LogP contribution in [0.4, 0.5) is 0 Å². The van der Waals surface area contributed by atoms with Crippen LogP contribution in [0.3, 0.4) is 0 Å². The Morgan fingerprint density at radius 1 is 1.40 bits per heavy atom. The predicted molar refractivity (Wildman–Crippen MR) is 81.1 cm³/mol. The van der Waals surface area contributed by atoms with Gasteiger partial charge in [0, 0.05) is 30.6 Å². The zero-order valence-electron chi connectivity index (χ0n) is 11.9. The summed E-state index contributed by atoms with van der Waals surface area (Å²) in [6, 6.07) is 7.51. The first kappa shape index (κ1) is 14.9. The molecule has 2 rings (SSSR count). The van der Waals surface area contributed by atoms with Crippen molar-refractivity contribution in [2.75, 3.05) is 6.61 Å². The summed E-state index contributed by atoms with van der Waals surface area (Å²) in [7, 11) is 1.82. The van der Waals surface area contributed by atoms with Crippen LogP contribution in [0.1, 0.15) is 24.3 Å². The number of carbonyl (C=O) groups excluding carboxylic acids is 1. The molecular formula is C15H19ClN2O2. The highest BCUT2D eigenvalue weighted by molar-refractivity contribution is 6.38. The third-order valence-corrected chi connectivity index (χ3v) is 4.14. The summed E-state index contributed by atoms with van der Waals surface area (Å²) in [5.74, 6) is -0.228. The predicted octanol–water partition coefficient (Wildman–Crippen LogP) is 2.58. The highest BCUT2D eigenvalue weighted by Gasteiger charge is 2.22. The summed E-state index contributed by atoms with van der Waals surface area (Å²) in [5, 5.41) is 13.3. The van der Waals surface area contributed by atoms with Crippen molar-refractivity contribution in [2.24, 2.45) is 13.0 Å². The quantitative estimate of drug-likeness (QED) is 0.910. The fourth-order valence-electron chi connectivity index (χ4n) is 2.17. The van der Waals surface area contributed by atoms with E-state index < -0.39 is 0 Å². The molecule has 2 aromatic rings. The minimum atomic E-state index is -0.221. The molecule has 20 heavy (non-hydrogen) atoms. The Morgan fingerprint density at radius 2 is 2.05 bits per heavy atom. The summed E-state index contributed by atoms with van der Waals surface area (Å²) >= 11 is 6.32. The van der Waals surface area contributed by atoms with Crippen LogP contribution in [0.25, 0.3) is 10.9 Å². The van der Waals surface area contributed by atoms with Crippen molar-refractivity contribution in [1.82, 2.24) is 9.88 Å². The molecule has 0 spiro atoms. The van der Waals surface area contributed by atoms with Crippen LogP contribution in [0.2, 0.25) is 5.02 Å². The van der Waals surface area contributed by atoms with E-state index in [1.807, 2.05) is 45.2 Å². The monoisotopic (exact) mass is 294 g/mol. The molecule has 0 aliphatic rings. The topological polar surface area (TPSA) is 54.3 Å². The highest BCUT2D eigenvalue weighted by Crippen LogP contribution is 2.29. The number of fused-ring (bicyclic) bond motifs is 1. The molecule has 0 fully saturated rings. The van der Waals surface area contributed by atoms with Crippen molar-refractivity contribution in [2.45, 2.75) is 19.9 Å². The molecule has 2 unspecified atom stereocenters. The Hall–Kier alpha value is -1.52. The molecule has 0 saturated heterocycles. The van der Waals surface area contributed by atoms with Gasteiger partial charge >= 0.3 is 0 Å². The zero-order chi connectivity index (χ0) is 14.9. The number of hydrogen-bond acceptors (Lipinski definition) is 2. The van der Waals surface area contributed by atoms with E-state index in [0.717, 1.165) is 10.9 Å². The van der Waals surface area contributed by atoms with Crippen LogP contribution in [0.15, 0.2) is 24.3 Å². The Labute approximate surface area is 123 Å². The molecular weight excluding hydrogens is 276 g/mol. The van der Waals surface area contributed by atoms with E-state index in [2.05, 4.69) is 5.32 Å². The first-order chi connectivity index (χ1) is 9.47. The third-order valence-electron chi connectivity index (χ3n) is 3.76. The van der Waals surface area contributed by atoms with Gasteiger partial charge in [-0.15, -0.1) is 0 Å². The standard InChI is InChI=1S/C15H19ClN2O2/c1-9(8-19)10(2)17-15(20)14-13(16)11-6-4-5-7-12(11)18(14)3/h4-7,9-10,19H,8H2,1-3H3,(H,17,20). The van der Waals surface area contributed by atoms with Crippen LogP contribution >= 0.6 is 11.6 Å². The first-order valence-corrected chi connectivity index (χ1v) is 6.99. The van der Waals surface area contributed by atoms with Gasteiger partial charge in [0.25, 0.3) is 5.91 Å². The molecule has 1 amide bonds. The average molecular weight is 295 g/mol. The van der Waals surface area contributed by atoms with Crippen molar-refractivity contribution in [3.05, 3.63) is 35.0 Å². The van der Waals surface area contributed by atoms with Crippen LogP contribution in [0, 0.1) is 5.92 Å². The fourth-order valence-corrected chi connectivity index (χ4v) is 2.55. The molecule has 1 aromatic carbocycles. The Kier molecular flexibility index (Phi) is 4.35. The number of aromatic nitrogens is 1. The molecule has 2 N–H and O–H groups in total. The van der Waals surface area contributed by atoms with Gasteiger partial charge in [0.05, 0.1) is 5.02 Å². The summed E-state index contributed by atoms with van der Waals surface area (Å²) in [6.07, 6.45) is 0. The number of aliphatic hydroxyl groups is 1. The van der Waals surface area contributed by atoms with E-state index in [9.17, 15) is 4.79 Å². The number of carbonyl (C=O) groups is 1. The van der Waals surface area contributed by atoms with Gasteiger partial charge in [-0.2, -0.15) is 0 Å². The number of benzene rings is 1. The molecule has 0 bridgehead atoms. The van der Waals surface area contributed by atoms with Crippen LogP contribution in [-0.2, 0) is 7.05 Å². The number of aryl methyl sites for hydroxylation is 1. The van der Waals surface area contributed by atoms with Crippen LogP contribution in [0.5, 0.6) is 0 Å². The number of amides is 1. The van der Waals surface area contributed by atoms with Gasteiger partial charge in [-0.1, -0.05) is 36.7 Å². The number of rotatable bonds is 4. The molecule has 0 aliphatic carbocycles. The van der Waals surface area contributed by atoms with Crippen molar-refractivity contribution in [1.29, 1.82) is 0 Å². The normalized spacial score (nSPS) is 14.2. The van der Waals surface area contributed by atoms with Crippen molar-refractivity contribution in [3.8, 4) is 0 Å². The maximum atomic E-state index is 12.4. The van der Waals surface area contributed by atoms with Gasteiger partial charge in [0.1, 0.15) is 5.69 Å².